The molecule has 3 rings (SSSR count). The predicted molar refractivity (Wildman–Crippen MR) is 102 cm³/mol. The zero-order valence-corrected chi connectivity index (χ0v) is 15.5. The van der Waals surface area contributed by atoms with Crippen molar-refractivity contribution in [3.63, 3.8) is 0 Å². The van der Waals surface area contributed by atoms with Gasteiger partial charge in [-0.25, -0.2) is 9.07 Å². The minimum Gasteiger partial charge on any atom is -0.497 e. The lowest BCUT2D eigenvalue weighted by atomic mass is 10.2. The van der Waals surface area contributed by atoms with Crippen LogP contribution in [0.5, 0.6) is 11.6 Å². The first-order valence-corrected chi connectivity index (χ1v) is 8.33. The molecule has 0 unspecified atom stereocenters. The second-order valence-electron chi connectivity index (χ2n) is 5.93. The molecule has 28 heavy (non-hydrogen) atoms. The SMILES string of the molecule is COc1ccc(NC(=O)c2nn(-c3cccc(F)c3)c(OC)cc2=O)c(C)c1. The molecule has 0 bridgehead atoms. The monoisotopic (exact) mass is 383 g/mol. The zero-order chi connectivity index (χ0) is 20.3. The number of nitrogens with one attached hydrogen (secondary N) is 1. The number of amides is 1. The third kappa shape index (κ3) is 3.85. The number of methoxy groups -OCH3 is 2. The average Bonchev–Trinajstić information content (AvgIpc) is 2.69. The maximum absolute atomic E-state index is 13.6. The predicted octanol–water partition coefficient (Wildman–Crippen LogP) is 2.95. The number of halogens is 1. The van der Waals surface area contributed by atoms with Crippen molar-refractivity contribution in [1.82, 2.24) is 9.78 Å². The molecule has 0 aliphatic rings. The number of benzene rings is 2. The van der Waals surface area contributed by atoms with Crippen LogP contribution in [0, 0.1) is 12.7 Å². The molecule has 7 nitrogen and oxygen atoms in total. The van der Waals surface area contributed by atoms with E-state index >= 15 is 0 Å². The lowest BCUT2D eigenvalue weighted by molar-refractivity contribution is 0.101. The Morgan fingerprint density at radius 1 is 1.11 bits per heavy atom. The van der Waals surface area contributed by atoms with Gasteiger partial charge in [0.2, 0.25) is 11.3 Å². The highest BCUT2D eigenvalue weighted by molar-refractivity contribution is 6.03. The van der Waals surface area contributed by atoms with Gasteiger partial charge in [0.05, 0.1) is 26.0 Å². The number of nitrogens with zero attached hydrogens (tertiary/aromatic N) is 2. The van der Waals surface area contributed by atoms with Gasteiger partial charge in [0.25, 0.3) is 5.91 Å². The fourth-order valence-electron chi connectivity index (χ4n) is 2.62. The first kappa shape index (κ1) is 19.1. The zero-order valence-electron chi connectivity index (χ0n) is 15.5. The van der Waals surface area contributed by atoms with Crippen molar-refractivity contribution in [3.8, 4) is 17.3 Å². The Labute approximate surface area is 160 Å². The molecule has 0 atom stereocenters. The fourth-order valence-corrected chi connectivity index (χ4v) is 2.62. The lowest BCUT2D eigenvalue weighted by Gasteiger charge is -2.13. The van der Waals surface area contributed by atoms with Crippen molar-refractivity contribution in [2.45, 2.75) is 6.92 Å². The molecule has 1 N–H and O–H groups in total. The second-order valence-corrected chi connectivity index (χ2v) is 5.93. The molecule has 0 aliphatic heterocycles. The lowest BCUT2D eigenvalue weighted by Crippen LogP contribution is -2.26. The van der Waals surface area contributed by atoms with Crippen molar-refractivity contribution < 1.29 is 18.7 Å². The average molecular weight is 383 g/mol. The molecule has 8 heteroatoms. The molecule has 1 heterocycles. The normalized spacial score (nSPS) is 10.4. The Bertz CT molecular complexity index is 1100. The van der Waals surface area contributed by atoms with E-state index in [1.165, 1.54) is 30.0 Å². The fraction of sp³-hybridized carbons (Fsp3) is 0.150. The quantitative estimate of drug-likeness (QED) is 0.733. The van der Waals surface area contributed by atoms with Gasteiger partial charge >= 0.3 is 0 Å². The number of ether oxygens (including phenoxy) is 2. The summed E-state index contributed by atoms with van der Waals surface area (Å²) in [5, 5.41) is 6.75. The largest absolute Gasteiger partial charge is 0.497 e. The van der Waals surface area contributed by atoms with Crippen molar-refractivity contribution in [2.75, 3.05) is 19.5 Å². The molecule has 0 saturated carbocycles. The van der Waals surface area contributed by atoms with Crippen LogP contribution in [-0.4, -0.2) is 29.9 Å². The van der Waals surface area contributed by atoms with Gasteiger partial charge in [-0.2, -0.15) is 5.10 Å². The number of hydrogen-bond donors (Lipinski definition) is 1. The maximum atomic E-state index is 13.6. The maximum Gasteiger partial charge on any atom is 0.280 e. The molecule has 0 radical (unpaired) electrons. The van der Waals surface area contributed by atoms with Gasteiger partial charge in [0.1, 0.15) is 11.6 Å². The minimum atomic E-state index is -0.689. The van der Waals surface area contributed by atoms with E-state index in [0.29, 0.717) is 17.1 Å². The molecule has 2 aromatic carbocycles. The van der Waals surface area contributed by atoms with Crippen molar-refractivity contribution in [1.29, 1.82) is 0 Å². The van der Waals surface area contributed by atoms with E-state index in [2.05, 4.69) is 10.4 Å². The van der Waals surface area contributed by atoms with Crippen LogP contribution in [-0.2, 0) is 0 Å². The highest BCUT2D eigenvalue weighted by atomic mass is 19.1. The third-order valence-corrected chi connectivity index (χ3v) is 4.06. The third-order valence-electron chi connectivity index (χ3n) is 4.06. The van der Waals surface area contributed by atoms with Gasteiger partial charge in [0.15, 0.2) is 5.69 Å². The number of aromatic nitrogens is 2. The van der Waals surface area contributed by atoms with Crippen LogP contribution >= 0.6 is 0 Å². The minimum absolute atomic E-state index is 0.0766. The summed E-state index contributed by atoms with van der Waals surface area (Å²) in [7, 11) is 2.90. The van der Waals surface area contributed by atoms with Crippen LogP contribution in [0.2, 0.25) is 0 Å². The van der Waals surface area contributed by atoms with Crippen LogP contribution in [0.4, 0.5) is 10.1 Å². The van der Waals surface area contributed by atoms with Gasteiger partial charge < -0.3 is 14.8 Å². The number of rotatable bonds is 5. The van der Waals surface area contributed by atoms with E-state index in [0.717, 1.165) is 11.6 Å². The van der Waals surface area contributed by atoms with E-state index in [-0.39, 0.29) is 11.6 Å². The topological polar surface area (TPSA) is 82.4 Å². The standard InChI is InChI=1S/C20H18FN3O4/c1-12-9-15(27-2)7-8-16(12)22-20(26)19-17(25)11-18(28-3)24(23-19)14-6-4-5-13(21)10-14/h4-11H,1-3H3,(H,22,26). The Morgan fingerprint density at radius 3 is 2.54 bits per heavy atom. The number of hydrogen-bond acceptors (Lipinski definition) is 5. The van der Waals surface area contributed by atoms with E-state index in [1.807, 2.05) is 0 Å². The van der Waals surface area contributed by atoms with E-state index in [1.54, 1.807) is 38.3 Å². The first-order valence-electron chi connectivity index (χ1n) is 8.33. The Hall–Kier alpha value is -3.68. The van der Waals surface area contributed by atoms with Crippen molar-refractivity contribution in [2.24, 2.45) is 0 Å². The molecule has 3 aromatic rings. The van der Waals surface area contributed by atoms with Crippen LogP contribution in [0.15, 0.2) is 53.3 Å². The molecule has 1 amide bonds. The van der Waals surface area contributed by atoms with E-state index in [4.69, 9.17) is 9.47 Å². The highest BCUT2D eigenvalue weighted by Crippen LogP contribution is 2.22. The van der Waals surface area contributed by atoms with Crippen molar-refractivity contribution in [3.05, 3.63) is 75.8 Å². The smallest absolute Gasteiger partial charge is 0.280 e. The number of anilines is 1. The number of carbonyl (C=O) groups is 1. The molecule has 1 aromatic heterocycles. The Kier molecular flexibility index (Phi) is 5.39. The summed E-state index contributed by atoms with van der Waals surface area (Å²) in [4.78, 5) is 25.0. The van der Waals surface area contributed by atoms with Gasteiger partial charge in [-0.3, -0.25) is 9.59 Å². The van der Waals surface area contributed by atoms with Crippen molar-refractivity contribution >= 4 is 11.6 Å². The molecular formula is C20H18FN3O4. The van der Waals surface area contributed by atoms with Gasteiger partial charge in [0, 0.05) is 5.69 Å². The van der Waals surface area contributed by atoms with E-state index in [9.17, 15) is 14.0 Å². The van der Waals surface area contributed by atoms with Crippen LogP contribution in [0.3, 0.4) is 0 Å². The molecule has 0 spiro atoms. The summed E-state index contributed by atoms with van der Waals surface area (Å²) in [6.45, 7) is 1.80. The molecular weight excluding hydrogens is 365 g/mol. The summed E-state index contributed by atoms with van der Waals surface area (Å²) in [5.74, 6) is -0.453. The molecule has 0 saturated heterocycles. The van der Waals surface area contributed by atoms with Crippen LogP contribution in [0.25, 0.3) is 5.69 Å². The summed E-state index contributed by atoms with van der Waals surface area (Å²) < 4.78 is 25.1. The summed E-state index contributed by atoms with van der Waals surface area (Å²) in [5.41, 5.74) is 0.617. The molecule has 0 aliphatic carbocycles. The number of carbonyl (C=O) groups excluding carboxylic acids is 1. The van der Waals surface area contributed by atoms with Gasteiger partial charge in [-0.15, -0.1) is 0 Å². The number of aryl methyl sites for hydroxylation is 1. The Balaban J connectivity index is 2.01. The second kappa shape index (κ2) is 7.91. The van der Waals surface area contributed by atoms with E-state index < -0.39 is 17.2 Å². The van der Waals surface area contributed by atoms with Crippen LogP contribution < -0.4 is 20.2 Å². The molecule has 144 valence electrons. The van der Waals surface area contributed by atoms with Gasteiger partial charge in [-0.05, 0) is 48.9 Å². The first-order chi connectivity index (χ1) is 13.4. The van der Waals surface area contributed by atoms with Crippen LogP contribution in [0.1, 0.15) is 16.1 Å². The molecule has 0 fully saturated rings. The Morgan fingerprint density at radius 2 is 1.89 bits per heavy atom. The summed E-state index contributed by atoms with van der Waals surface area (Å²) >= 11 is 0. The summed E-state index contributed by atoms with van der Waals surface area (Å²) in [6.07, 6.45) is 0. The van der Waals surface area contributed by atoms with Gasteiger partial charge in [-0.1, -0.05) is 6.07 Å². The summed E-state index contributed by atoms with van der Waals surface area (Å²) in [6, 6.07) is 11.8. The highest BCUT2D eigenvalue weighted by Gasteiger charge is 2.18.